The number of likely N-dealkylation sites (N-methyl/N-ethyl adjacent to an activating group) is 1. The molecule has 2 aromatic carbocycles. The van der Waals surface area contributed by atoms with E-state index in [1.54, 1.807) is 38.1 Å². The van der Waals surface area contributed by atoms with Crippen molar-refractivity contribution in [3.8, 4) is 0 Å². The molecular weight excluding hydrogens is 566 g/mol. The third-order valence-corrected chi connectivity index (χ3v) is 7.07. The van der Waals surface area contributed by atoms with E-state index in [9.17, 15) is 22.4 Å². The number of rotatable bonds is 8. The second kappa shape index (κ2) is 12.4. The van der Waals surface area contributed by atoms with E-state index in [4.69, 9.17) is 4.42 Å². The van der Waals surface area contributed by atoms with Crippen molar-refractivity contribution in [2.24, 2.45) is 0 Å². The molecule has 226 valence electrons. The highest BCUT2D eigenvalue weighted by Crippen LogP contribution is 2.35. The van der Waals surface area contributed by atoms with E-state index in [0.29, 0.717) is 30.0 Å². The van der Waals surface area contributed by atoms with Gasteiger partial charge in [-0.25, -0.2) is 14.4 Å². The van der Waals surface area contributed by atoms with E-state index < -0.39 is 23.5 Å². The van der Waals surface area contributed by atoms with Crippen molar-refractivity contribution in [3.05, 3.63) is 88.7 Å². The molecular formula is C30H31F4N7O2. The lowest BCUT2D eigenvalue weighted by atomic mass is 10.0. The van der Waals surface area contributed by atoms with Crippen LogP contribution in [0.5, 0.6) is 0 Å². The summed E-state index contributed by atoms with van der Waals surface area (Å²) < 4.78 is 61.7. The number of amides is 1. The predicted molar refractivity (Wildman–Crippen MR) is 155 cm³/mol. The maximum absolute atomic E-state index is 14.1. The topological polar surface area (TPSA) is 98.6 Å². The van der Waals surface area contributed by atoms with Crippen LogP contribution in [-0.2, 0) is 12.7 Å². The summed E-state index contributed by atoms with van der Waals surface area (Å²) in [4.78, 5) is 25.2. The summed E-state index contributed by atoms with van der Waals surface area (Å²) in [5.74, 6) is -1.15. The maximum Gasteiger partial charge on any atom is 0.416 e. The fourth-order valence-corrected chi connectivity index (χ4v) is 4.79. The van der Waals surface area contributed by atoms with E-state index >= 15 is 0 Å². The molecule has 0 spiro atoms. The Bertz CT molecular complexity index is 1590. The monoisotopic (exact) mass is 597 g/mol. The second-order valence-corrected chi connectivity index (χ2v) is 10.5. The van der Waals surface area contributed by atoms with E-state index in [0.717, 1.165) is 19.2 Å². The van der Waals surface area contributed by atoms with Crippen molar-refractivity contribution in [1.82, 2.24) is 19.8 Å². The summed E-state index contributed by atoms with van der Waals surface area (Å²) >= 11 is 0. The zero-order valence-electron chi connectivity index (χ0n) is 23.8. The number of hydrogen-bond donors (Lipinski definition) is 3. The molecule has 3 heterocycles. The van der Waals surface area contributed by atoms with E-state index in [1.165, 1.54) is 24.4 Å². The molecule has 0 bridgehead atoms. The van der Waals surface area contributed by atoms with Crippen LogP contribution in [0.25, 0.3) is 0 Å². The highest BCUT2D eigenvalue weighted by molar-refractivity contribution is 6.02. The van der Waals surface area contributed by atoms with Gasteiger partial charge in [-0.1, -0.05) is 18.2 Å². The number of carbonyl (C=O) groups is 1. The molecule has 1 saturated heterocycles. The van der Waals surface area contributed by atoms with Crippen molar-refractivity contribution in [2.45, 2.75) is 26.6 Å². The first-order valence-electron chi connectivity index (χ1n) is 13.6. The van der Waals surface area contributed by atoms with Gasteiger partial charge in [0, 0.05) is 55.9 Å². The Morgan fingerprint density at radius 3 is 2.49 bits per heavy atom. The Morgan fingerprint density at radius 1 is 1.00 bits per heavy atom. The molecule has 3 N–H and O–H groups in total. The van der Waals surface area contributed by atoms with Crippen molar-refractivity contribution in [3.63, 3.8) is 0 Å². The van der Waals surface area contributed by atoms with Gasteiger partial charge in [0.2, 0.25) is 5.76 Å². The maximum atomic E-state index is 14.1. The van der Waals surface area contributed by atoms with Gasteiger partial charge in [0.05, 0.1) is 17.4 Å². The first kappa shape index (κ1) is 30.0. The summed E-state index contributed by atoms with van der Waals surface area (Å²) in [7, 11) is 2.00. The number of pyridine rings is 1. The first-order valence-corrected chi connectivity index (χ1v) is 13.6. The average Bonchev–Trinajstić information content (AvgIpc) is 3.40. The average molecular weight is 598 g/mol. The normalized spacial score (nSPS) is 14.5. The molecule has 0 radical (unpaired) electrons. The van der Waals surface area contributed by atoms with Crippen LogP contribution < -0.4 is 16.0 Å². The minimum absolute atomic E-state index is 0.0375. The number of nitrogens with zero attached hydrogens (tertiary/aromatic N) is 4. The third kappa shape index (κ3) is 7.48. The van der Waals surface area contributed by atoms with Crippen molar-refractivity contribution in [1.29, 1.82) is 0 Å². The predicted octanol–water partition coefficient (Wildman–Crippen LogP) is 6.33. The summed E-state index contributed by atoms with van der Waals surface area (Å²) in [6.45, 7) is 6.66. The lowest BCUT2D eigenvalue weighted by molar-refractivity contribution is -0.138. The summed E-state index contributed by atoms with van der Waals surface area (Å²) in [5, 5.41) is 8.36. The van der Waals surface area contributed by atoms with Gasteiger partial charge in [-0.3, -0.25) is 15.0 Å². The minimum Gasteiger partial charge on any atom is -0.418 e. The Labute approximate surface area is 245 Å². The number of hydrogen-bond acceptors (Lipinski definition) is 8. The fourth-order valence-electron chi connectivity index (χ4n) is 4.79. The molecule has 1 aliphatic rings. The van der Waals surface area contributed by atoms with E-state index in [2.05, 4.69) is 30.8 Å². The number of benzene rings is 2. The first-order chi connectivity index (χ1) is 20.4. The van der Waals surface area contributed by atoms with Crippen LogP contribution in [0.3, 0.4) is 0 Å². The minimum atomic E-state index is -4.51. The molecule has 0 atom stereocenters. The second-order valence-electron chi connectivity index (χ2n) is 10.5. The van der Waals surface area contributed by atoms with Gasteiger partial charge in [-0.2, -0.15) is 13.2 Å². The smallest absolute Gasteiger partial charge is 0.416 e. The Kier molecular flexibility index (Phi) is 8.64. The van der Waals surface area contributed by atoms with Crippen LogP contribution >= 0.6 is 0 Å². The molecule has 1 aliphatic heterocycles. The number of oxazole rings is 1. The number of piperazine rings is 1. The molecule has 0 unspecified atom stereocenters. The molecule has 0 aliphatic carbocycles. The molecule has 4 aromatic rings. The molecule has 2 aromatic heterocycles. The van der Waals surface area contributed by atoms with Gasteiger partial charge in [0.25, 0.3) is 5.91 Å². The summed E-state index contributed by atoms with van der Waals surface area (Å²) in [5.41, 5.74) is 1.44. The Balaban J connectivity index is 1.29. The Hall–Kier alpha value is -4.49. The number of aryl methyl sites for hydroxylation is 2. The number of alkyl halides is 3. The molecule has 9 nitrogen and oxygen atoms in total. The highest BCUT2D eigenvalue weighted by atomic mass is 19.4. The number of aromatic nitrogens is 2. The zero-order chi connectivity index (χ0) is 30.7. The fraction of sp³-hybridized carbons (Fsp3) is 0.300. The van der Waals surface area contributed by atoms with Crippen LogP contribution in [0, 0.1) is 19.7 Å². The summed E-state index contributed by atoms with van der Waals surface area (Å²) in [6, 6.07) is 11.9. The van der Waals surface area contributed by atoms with Crippen molar-refractivity contribution >= 4 is 34.8 Å². The van der Waals surface area contributed by atoms with Crippen molar-refractivity contribution in [2.75, 3.05) is 49.2 Å². The Morgan fingerprint density at radius 2 is 1.77 bits per heavy atom. The molecule has 43 heavy (non-hydrogen) atoms. The van der Waals surface area contributed by atoms with Gasteiger partial charge in [0.15, 0.2) is 0 Å². The lowest BCUT2D eigenvalue weighted by Gasteiger charge is -2.33. The summed E-state index contributed by atoms with van der Waals surface area (Å²) in [6.07, 6.45) is -3.33. The van der Waals surface area contributed by atoms with Gasteiger partial charge < -0.3 is 20.0 Å². The number of nitrogens with one attached hydrogen (secondary N) is 3. The number of halogens is 4. The van der Waals surface area contributed by atoms with E-state index in [1.807, 2.05) is 11.9 Å². The molecule has 1 amide bonds. The third-order valence-electron chi connectivity index (χ3n) is 7.07. The molecule has 13 heteroatoms. The van der Waals surface area contributed by atoms with Crippen LogP contribution in [0.15, 0.2) is 59.1 Å². The van der Waals surface area contributed by atoms with Gasteiger partial charge >= 0.3 is 12.2 Å². The molecule has 1 fully saturated rings. The van der Waals surface area contributed by atoms with Crippen LogP contribution in [0.2, 0.25) is 0 Å². The zero-order valence-corrected chi connectivity index (χ0v) is 23.8. The standard InChI is InChI=1S/C30H31F4N7O2/c1-18-5-4-6-24(31)27(18)39-28(42)25-16-35-29(43-25)38-26-15-22(13-19(2)36-26)37-21-8-7-20(23(14-21)30(32,33)34)17-41-11-9-40(3)10-12-41/h4-8,13-16H,9-12,17H2,1-3H3,(H,39,42)(H2,35,36,37,38). The largest absolute Gasteiger partial charge is 0.418 e. The van der Waals surface area contributed by atoms with Gasteiger partial charge in [-0.15, -0.1) is 0 Å². The van der Waals surface area contributed by atoms with Crippen LogP contribution in [-0.4, -0.2) is 58.9 Å². The van der Waals surface area contributed by atoms with Crippen molar-refractivity contribution < 1.29 is 26.8 Å². The number of para-hydroxylation sites is 1. The van der Waals surface area contributed by atoms with Crippen LogP contribution in [0.1, 0.15) is 32.9 Å². The molecule has 0 saturated carbocycles. The van der Waals surface area contributed by atoms with Crippen LogP contribution in [0.4, 0.5) is 46.5 Å². The SMILES string of the molecule is Cc1cc(Nc2ccc(CN3CCN(C)CC3)c(C(F)(F)F)c2)cc(Nc2ncc(C(=O)Nc3c(C)cccc3F)o2)n1. The van der Waals surface area contributed by atoms with E-state index in [-0.39, 0.29) is 41.1 Å². The molecule has 5 rings (SSSR count). The number of anilines is 5. The lowest BCUT2D eigenvalue weighted by Crippen LogP contribution is -2.44. The quantitative estimate of drug-likeness (QED) is 0.203. The van der Waals surface area contributed by atoms with Gasteiger partial charge in [-0.05, 0) is 56.3 Å². The van der Waals surface area contributed by atoms with Gasteiger partial charge in [0.1, 0.15) is 11.6 Å². The highest BCUT2D eigenvalue weighted by Gasteiger charge is 2.34. The number of carbonyl (C=O) groups excluding carboxylic acids is 1.